The van der Waals surface area contributed by atoms with E-state index in [2.05, 4.69) is 19.2 Å². The minimum absolute atomic E-state index is 0.304. The molecule has 0 spiro atoms. The van der Waals surface area contributed by atoms with Crippen molar-refractivity contribution in [2.75, 3.05) is 5.75 Å². The van der Waals surface area contributed by atoms with Crippen molar-refractivity contribution in [2.24, 2.45) is 0 Å². The average molecular weight is 774 g/mol. The van der Waals surface area contributed by atoms with Crippen molar-refractivity contribution in [1.29, 1.82) is 0 Å². The molecule has 0 bridgehead atoms. The van der Waals surface area contributed by atoms with Crippen molar-refractivity contribution in [3.05, 3.63) is 0 Å². The fourth-order valence-electron chi connectivity index (χ4n) is 7.58. The number of unbranched alkanes of at least 4 members (excludes halogenated alkanes) is 34. The highest BCUT2D eigenvalue weighted by molar-refractivity contribution is 7.85. The van der Waals surface area contributed by atoms with Crippen LogP contribution < -0.4 is 5.32 Å². The Balaban J connectivity index is 3.86. The summed E-state index contributed by atoms with van der Waals surface area (Å²) in [5.41, 5.74) is 0. The van der Waals surface area contributed by atoms with Gasteiger partial charge in [0.25, 0.3) is 10.1 Å². The Labute approximate surface area is 330 Å². The highest BCUT2D eigenvalue weighted by Gasteiger charge is 2.28. The van der Waals surface area contributed by atoms with E-state index in [0.717, 1.165) is 44.9 Å². The zero-order valence-corrected chi connectivity index (χ0v) is 36.1. The molecule has 318 valence electrons. The zero-order chi connectivity index (χ0) is 39.1. The van der Waals surface area contributed by atoms with Gasteiger partial charge in [0.05, 0.1) is 17.9 Å². The second-order valence-corrected chi connectivity index (χ2v) is 18.0. The van der Waals surface area contributed by atoms with Crippen LogP contribution in [0.4, 0.5) is 0 Å². The molecule has 0 aliphatic carbocycles. The van der Waals surface area contributed by atoms with Crippen LogP contribution in [0.3, 0.4) is 0 Å². The summed E-state index contributed by atoms with van der Waals surface area (Å²) < 4.78 is 32.7. The maximum atomic E-state index is 12.6. The van der Waals surface area contributed by atoms with Crippen molar-refractivity contribution < 1.29 is 28.0 Å². The third-order valence-corrected chi connectivity index (χ3v) is 11.9. The van der Waals surface area contributed by atoms with Gasteiger partial charge in [-0.3, -0.25) is 9.35 Å². The SMILES string of the molecule is CCCCCCCCCCCCCCCCCCCCCCC(O)C(CS(=O)(=O)O)NC(=O)C(O)CCCCCCCCCCCCCCCCCC. The molecule has 0 aromatic rings. The topological polar surface area (TPSA) is 124 Å². The molecule has 8 heteroatoms. The number of nitrogens with one attached hydrogen (secondary N) is 1. The Morgan fingerprint density at radius 2 is 0.679 bits per heavy atom. The summed E-state index contributed by atoms with van der Waals surface area (Å²) in [6, 6.07) is -1.14. The van der Waals surface area contributed by atoms with Crippen LogP contribution in [0.15, 0.2) is 0 Å². The summed E-state index contributed by atoms with van der Waals surface area (Å²) in [6.07, 6.45) is 44.1. The lowest BCUT2D eigenvalue weighted by Crippen LogP contribution is -2.50. The predicted octanol–water partition coefficient (Wildman–Crippen LogP) is 12.9. The van der Waals surface area contributed by atoms with Crippen LogP contribution in [-0.2, 0) is 14.9 Å². The molecule has 0 aliphatic heterocycles. The molecular formula is C45H91NO6S. The van der Waals surface area contributed by atoms with Gasteiger partial charge in [-0.1, -0.05) is 245 Å². The summed E-state index contributed by atoms with van der Waals surface area (Å²) in [5, 5.41) is 23.6. The van der Waals surface area contributed by atoms with Gasteiger partial charge in [0.15, 0.2) is 0 Å². The summed E-state index contributed by atoms with van der Waals surface area (Å²) in [4.78, 5) is 12.6. The van der Waals surface area contributed by atoms with Crippen LogP contribution in [0.5, 0.6) is 0 Å². The number of hydrogen-bond donors (Lipinski definition) is 4. The van der Waals surface area contributed by atoms with Gasteiger partial charge in [0.2, 0.25) is 5.91 Å². The van der Waals surface area contributed by atoms with Crippen molar-refractivity contribution in [2.45, 2.75) is 276 Å². The Kier molecular flexibility index (Phi) is 39.0. The second-order valence-electron chi connectivity index (χ2n) is 16.5. The molecule has 1 amide bonds. The van der Waals surface area contributed by atoms with Gasteiger partial charge in [-0.25, -0.2) is 0 Å². The second kappa shape index (κ2) is 39.5. The molecular weight excluding hydrogens is 683 g/mol. The lowest BCUT2D eigenvalue weighted by molar-refractivity contribution is -0.131. The maximum Gasteiger partial charge on any atom is 0.266 e. The molecule has 53 heavy (non-hydrogen) atoms. The number of rotatable bonds is 43. The van der Waals surface area contributed by atoms with Crippen LogP contribution in [0.1, 0.15) is 258 Å². The molecule has 0 rings (SSSR count). The van der Waals surface area contributed by atoms with E-state index in [1.54, 1.807) is 0 Å². The van der Waals surface area contributed by atoms with E-state index in [0.29, 0.717) is 12.8 Å². The third-order valence-electron chi connectivity index (χ3n) is 11.2. The number of hydrogen-bond acceptors (Lipinski definition) is 5. The first-order valence-electron chi connectivity index (χ1n) is 23.3. The normalized spacial score (nSPS) is 13.7. The lowest BCUT2D eigenvalue weighted by atomic mass is 10.0. The molecule has 0 radical (unpaired) electrons. The van der Waals surface area contributed by atoms with Crippen LogP contribution in [0.25, 0.3) is 0 Å². The maximum absolute atomic E-state index is 12.6. The largest absolute Gasteiger partial charge is 0.391 e. The number of aliphatic hydroxyl groups is 2. The Bertz CT molecular complexity index is 869. The first kappa shape index (κ1) is 52.3. The van der Waals surface area contributed by atoms with E-state index in [-0.39, 0.29) is 0 Å². The van der Waals surface area contributed by atoms with E-state index in [1.165, 1.54) is 186 Å². The molecule has 0 aromatic carbocycles. The fraction of sp³-hybridized carbons (Fsp3) is 0.978. The average Bonchev–Trinajstić information content (AvgIpc) is 3.12. The molecule has 3 unspecified atom stereocenters. The molecule has 0 saturated heterocycles. The first-order chi connectivity index (χ1) is 25.7. The minimum atomic E-state index is -4.41. The first-order valence-corrected chi connectivity index (χ1v) is 24.9. The highest BCUT2D eigenvalue weighted by Crippen LogP contribution is 2.17. The number of aliphatic hydroxyl groups excluding tert-OH is 2. The molecule has 7 nitrogen and oxygen atoms in total. The highest BCUT2D eigenvalue weighted by atomic mass is 32.2. The van der Waals surface area contributed by atoms with Crippen LogP contribution in [0, 0.1) is 0 Å². The molecule has 4 N–H and O–H groups in total. The molecule has 3 atom stereocenters. The van der Waals surface area contributed by atoms with Gasteiger partial charge in [0, 0.05) is 0 Å². The van der Waals surface area contributed by atoms with Gasteiger partial charge in [0.1, 0.15) is 6.10 Å². The van der Waals surface area contributed by atoms with E-state index in [1.807, 2.05) is 0 Å². The van der Waals surface area contributed by atoms with E-state index in [4.69, 9.17) is 0 Å². The fourth-order valence-corrected chi connectivity index (χ4v) is 8.34. The smallest absolute Gasteiger partial charge is 0.266 e. The summed E-state index contributed by atoms with van der Waals surface area (Å²) in [6.45, 7) is 4.54. The predicted molar refractivity (Wildman–Crippen MR) is 227 cm³/mol. The van der Waals surface area contributed by atoms with Gasteiger partial charge in [-0.15, -0.1) is 0 Å². The molecule has 0 fully saturated rings. The lowest BCUT2D eigenvalue weighted by Gasteiger charge is -2.24. The Morgan fingerprint density at radius 3 is 0.943 bits per heavy atom. The quantitative estimate of drug-likeness (QED) is 0.0361. The molecule has 0 heterocycles. The summed E-state index contributed by atoms with van der Waals surface area (Å²) >= 11 is 0. The third kappa shape index (κ3) is 39.3. The van der Waals surface area contributed by atoms with E-state index >= 15 is 0 Å². The number of carbonyl (C=O) groups excluding carboxylic acids is 1. The van der Waals surface area contributed by atoms with Crippen LogP contribution >= 0.6 is 0 Å². The standard InChI is InChI=1S/C45H91NO6S/c1-3-5-7-9-11-13-15-17-19-21-22-23-24-26-27-29-31-33-35-37-39-43(47)42(41-53(50,51)52)46-45(49)44(48)40-38-36-34-32-30-28-25-20-18-16-14-12-10-8-6-4-2/h42-44,47-48H,3-41H2,1-2H3,(H,46,49)(H,50,51,52). The molecule has 0 aliphatic rings. The van der Waals surface area contributed by atoms with E-state index < -0.39 is 40.0 Å². The summed E-state index contributed by atoms with van der Waals surface area (Å²) in [7, 11) is -4.41. The van der Waals surface area contributed by atoms with Crippen molar-refractivity contribution in [1.82, 2.24) is 5.32 Å². The van der Waals surface area contributed by atoms with E-state index in [9.17, 15) is 28.0 Å². The van der Waals surface area contributed by atoms with Gasteiger partial charge in [-0.05, 0) is 12.8 Å². The van der Waals surface area contributed by atoms with Crippen molar-refractivity contribution in [3.63, 3.8) is 0 Å². The van der Waals surface area contributed by atoms with Crippen LogP contribution in [-0.4, -0.2) is 53.1 Å². The molecule has 0 saturated carbocycles. The Hall–Kier alpha value is -0.700. The number of carbonyl (C=O) groups is 1. The van der Waals surface area contributed by atoms with Crippen molar-refractivity contribution in [3.8, 4) is 0 Å². The number of amides is 1. The summed E-state index contributed by atoms with van der Waals surface area (Å²) in [5.74, 6) is -1.44. The Morgan fingerprint density at radius 1 is 0.434 bits per heavy atom. The van der Waals surface area contributed by atoms with Crippen LogP contribution in [0.2, 0.25) is 0 Å². The monoisotopic (exact) mass is 774 g/mol. The van der Waals surface area contributed by atoms with Gasteiger partial charge >= 0.3 is 0 Å². The molecule has 0 aromatic heterocycles. The van der Waals surface area contributed by atoms with Crippen molar-refractivity contribution >= 4 is 16.0 Å². The zero-order valence-electron chi connectivity index (χ0n) is 35.3. The van der Waals surface area contributed by atoms with Gasteiger partial charge < -0.3 is 15.5 Å². The minimum Gasteiger partial charge on any atom is -0.391 e. The van der Waals surface area contributed by atoms with Gasteiger partial charge in [-0.2, -0.15) is 8.42 Å².